The number of nitrogens with one attached hydrogen (secondary N) is 1. The van der Waals surface area contributed by atoms with Gasteiger partial charge in [0, 0.05) is 18.0 Å². The fourth-order valence-electron chi connectivity index (χ4n) is 4.71. The second-order valence-corrected chi connectivity index (χ2v) is 11.0. The van der Waals surface area contributed by atoms with E-state index in [-0.39, 0.29) is 42.4 Å². The van der Waals surface area contributed by atoms with Crippen molar-refractivity contribution in [2.24, 2.45) is 9.50 Å². The number of amidine groups is 1. The molecular formula is C27H30N4O5S. The van der Waals surface area contributed by atoms with Gasteiger partial charge in [-0.05, 0) is 55.2 Å². The molecule has 2 aromatic rings. The molecule has 194 valence electrons. The van der Waals surface area contributed by atoms with Crippen LogP contribution >= 0.6 is 0 Å². The zero-order chi connectivity index (χ0) is 25.8. The average molecular weight is 523 g/mol. The highest BCUT2D eigenvalue weighted by Crippen LogP contribution is 2.33. The molecule has 9 nitrogen and oxygen atoms in total. The molecule has 0 atom stereocenters. The molecule has 37 heavy (non-hydrogen) atoms. The quantitative estimate of drug-likeness (QED) is 0.433. The molecule has 3 aliphatic rings. The van der Waals surface area contributed by atoms with Crippen molar-refractivity contribution in [3.8, 4) is 11.5 Å². The van der Waals surface area contributed by atoms with Crippen molar-refractivity contribution in [3.63, 3.8) is 0 Å². The second kappa shape index (κ2) is 10.8. The molecule has 2 aliphatic heterocycles. The number of fused-ring (bicyclic) bond motifs is 2. The van der Waals surface area contributed by atoms with Gasteiger partial charge in [-0.15, -0.1) is 4.40 Å². The normalized spacial score (nSPS) is 18.5. The van der Waals surface area contributed by atoms with Crippen molar-refractivity contribution >= 4 is 34.1 Å². The molecule has 0 saturated heterocycles. The number of carbonyl (C=O) groups is 1. The Kier molecular flexibility index (Phi) is 7.27. The number of carbonyl (C=O) groups excluding carboxylic acids is 1. The number of allylic oxidation sites excluding steroid dienone is 1. The third-order valence-electron chi connectivity index (χ3n) is 6.57. The predicted molar refractivity (Wildman–Crippen MR) is 141 cm³/mol. The van der Waals surface area contributed by atoms with Gasteiger partial charge < -0.3 is 14.8 Å². The maximum atomic E-state index is 12.7. The van der Waals surface area contributed by atoms with Crippen molar-refractivity contribution in [2.75, 3.05) is 13.3 Å². The number of amides is 1. The Bertz CT molecular complexity index is 1380. The summed E-state index contributed by atoms with van der Waals surface area (Å²) in [6.45, 7) is 2.29. The number of sulfonamides is 1. The van der Waals surface area contributed by atoms with Gasteiger partial charge in [-0.25, -0.2) is 5.01 Å². The largest absolute Gasteiger partial charge is 0.454 e. The lowest BCUT2D eigenvalue weighted by molar-refractivity contribution is -0.122. The number of hydrogen-bond donors (Lipinski definition) is 1. The minimum atomic E-state index is -3.82. The van der Waals surface area contributed by atoms with Crippen LogP contribution in [0.4, 0.5) is 0 Å². The first-order valence-corrected chi connectivity index (χ1v) is 14.0. The first-order chi connectivity index (χ1) is 17.9. The summed E-state index contributed by atoms with van der Waals surface area (Å²) in [6.07, 6.45) is 9.19. The second-order valence-electron chi connectivity index (χ2n) is 9.41. The number of benzene rings is 2. The molecule has 0 radical (unpaired) electrons. The minimum absolute atomic E-state index is 0.0746. The maximum absolute atomic E-state index is 12.7. The summed E-state index contributed by atoms with van der Waals surface area (Å²) in [5.74, 6) is 1.54. The fourth-order valence-corrected chi connectivity index (χ4v) is 5.92. The van der Waals surface area contributed by atoms with Crippen molar-refractivity contribution in [3.05, 3.63) is 59.2 Å². The zero-order valence-corrected chi connectivity index (χ0v) is 21.5. The average Bonchev–Trinajstić information content (AvgIpc) is 3.46. The summed E-state index contributed by atoms with van der Waals surface area (Å²) in [6, 6.07) is 12.5. The standard InChI is InChI=1S/C27H30N4O5S/c1-19(15-20-11-12-23-24(16-20)36-18-35-23)17-28-31(14-13-26(32)29-21-7-3-2-4-8-21)27-22-9-5-6-10-25(22)37(33,34)30-27/h5-6,9-12,15-17,21H,2-4,7-8,13-14,18H2,1H3,(H,29,32)/b19-15+,28-17+. The number of hydrazone groups is 1. The van der Waals surface area contributed by atoms with E-state index in [1.165, 1.54) is 17.5 Å². The van der Waals surface area contributed by atoms with E-state index in [2.05, 4.69) is 14.8 Å². The molecule has 1 fully saturated rings. The number of rotatable bonds is 7. The molecule has 1 saturated carbocycles. The van der Waals surface area contributed by atoms with Gasteiger partial charge in [0.25, 0.3) is 10.0 Å². The van der Waals surface area contributed by atoms with E-state index in [9.17, 15) is 13.2 Å². The summed E-state index contributed by atoms with van der Waals surface area (Å²) in [4.78, 5) is 12.8. The van der Waals surface area contributed by atoms with Gasteiger partial charge >= 0.3 is 0 Å². The van der Waals surface area contributed by atoms with Crippen molar-refractivity contribution < 1.29 is 22.7 Å². The van der Waals surface area contributed by atoms with Crippen molar-refractivity contribution in [1.29, 1.82) is 0 Å². The van der Waals surface area contributed by atoms with Crippen LogP contribution < -0.4 is 14.8 Å². The molecule has 1 N–H and O–H groups in total. The lowest BCUT2D eigenvalue weighted by Gasteiger charge is -2.24. The highest BCUT2D eigenvalue weighted by atomic mass is 32.2. The Balaban J connectivity index is 1.35. The molecular weight excluding hydrogens is 492 g/mol. The van der Waals surface area contributed by atoms with Gasteiger partial charge in [-0.3, -0.25) is 4.79 Å². The summed E-state index contributed by atoms with van der Waals surface area (Å²) < 4.78 is 40.1. The molecule has 1 amide bonds. The molecule has 0 aromatic heterocycles. The van der Waals surface area contributed by atoms with Crippen LogP contribution in [-0.4, -0.2) is 50.8 Å². The zero-order valence-electron chi connectivity index (χ0n) is 20.7. The molecule has 1 aliphatic carbocycles. The van der Waals surface area contributed by atoms with Crippen LogP contribution in [0.2, 0.25) is 0 Å². The van der Waals surface area contributed by atoms with E-state index in [0.29, 0.717) is 17.1 Å². The minimum Gasteiger partial charge on any atom is -0.454 e. The van der Waals surface area contributed by atoms with E-state index in [0.717, 1.165) is 36.8 Å². The van der Waals surface area contributed by atoms with Gasteiger partial charge in [0.2, 0.25) is 12.7 Å². The predicted octanol–water partition coefficient (Wildman–Crippen LogP) is 4.09. The smallest absolute Gasteiger partial charge is 0.285 e. The van der Waals surface area contributed by atoms with Gasteiger partial charge in [0.15, 0.2) is 17.3 Å². The SMILES string of the molecule is CC(/C=N/N(CCC(=O)NC1CCCCC1)C1=NS(=O)(=O)c2ccccc21)=C\c1ccc2c(c1)OCO2. The molecule has 2 heterocycles. The maximum Gasteiger partial charge on any atom is 0.285 e. The number of ether oxygens (including phenoxy) is 2. The van der Waals surface area contributed by atoms with Crippen LogP contribution in [0.3, 0.4) is 0 Å². The third-order valence-corrected chi connectivity index (χ3v) is 7.89. The first-order valence-electron chi connectivity index (χ1n) is 12.5. The third kappa shape index (κ3) is 5.85. The summed E-state index contributed by atoms with van der Waals surface area (Å²) >= 11 is 0. The van der Waals surface area contributed by atoms with E-state index >= 15 is 0 Å². The van der Waals surface area contributed by atoms with Crippen LogP contribution in [0.25, 0.3) is 6.08 Å². The Morgan fingerprint density at radius 2 is 1.92 bits per heavy atom. The lowest BCUT2D eigenvalue weighted by Crippen LogP contribution is -2.38. The van der Waals surface area contributed by atoms with Crippen LogP contribution in [0, 0.1) is 0 Å². The Morgan fingerprint density at radius 3 is 2.76 bits per heavy atom. The van der Waals surface area contributed by atoms with Crippen LogP contribution in [0.5, 0.6) is 11.5 Å². The Labute approximate surface area is 216 Å². The Morgan fingerprint density at radius 1 is 1.14 bits per heavy atom. The van der Waals surface area contributed by atoms with Gasteiger partial charge in [0.1, 0.15) is 4.90 Å². The van der Waals surface area contributed by atoms with Crippen LogP contribution in [0.15, 0.2) is 62.4 Å². The van der Waals surface area contributed by atoms with E-state index in [1.807, 2.05) is 31.2 Å². The summed E-state index contributed by atoms with van der Waals surface area (Å²) in [7, 11) is -3.82. The fraction of sp³-hybridized carbons (Fsp3) is 0.370. The summed E-state index contributed by atoms with van der Waals surface area (Å²) in [5.41, 5.74) is 2.22. The van der Waals surface area contributed by atoms with E-state index in [1.54, 1.807) is 24.4 Å². The van der Waals surface area contributed by atoms with E-state index in [4.69, 9.17) is 9.47 Å². The molecule has 0 unspecified atom stereocenters. The van der Waals surface area contributed by atoms with Crippen LogP contribution in [-0.2, 0) is 14.8 Å². The Hall–Kier alpha value is -3.66. The number of nitrogens with zero attached hydrogens (tertiary/aromatic N) is 3. The lowest BCUT2D eigenvalue weighted by atomic mass is 9.95. The van der Waals surface area contributed by atoms with Crippen LogP contribution in [0.1, 0.15) is 56.6 Å². The summed E-state index contributed by atoms with van der Waals surface area (Å²) in [5, 5.41) is 9.18. The monoisotopic (exact) mass is 522 g/mol. The van der Waals surface area contributed by atoms with Gasteiger partial charge in [-0.2, -0.15) is 13.5 Å². The van der Waals surface area contributed by atoms with Gasteiger partial charge in [-0.1, -0.05) is 43.5 Å². The van der Waals surface area contributed by atoms with E-state index < -0.39 is 10.0 Å². The number of hydrogen-bond acceptors (Lipinski definition) is 7. The molecule has 2 aromatic carbocycles. The molecule has 0 spiro atoms. The van der Waals surface area contributed by atoms with Crippen molar-refractivity contribution in [1.82, 2.24) is 10.3 Å². The van der Waals surface area contributed by atoms with Gasteiger partial charge in [0.05, 0.1) is 12.8 Å². The topological polar surface area (TPSA) is 110 Å². The van der Waals surface area contributed by atoms with Crippen molar-refractivity contribution in [2.45, 2.75) is 56.4 Å². The molecule has 5 rings (SSSR count). The highest BCUT2D eigenvalue weighted by molar-refractivity contribution is 7.90. The molecule has 10 heteroatoms. The first kappa shape index (κ1) is 25.0. The molecule has 0 bridgehead atoms. The highest BCUT2D eigenvalue weighted by Gasteiger charge is 2.32.